The molecule has 1 aromatic heterocycles. The summed E-state index contributed by atoms with van der Waals surface area (Å²) in [4.78, 5) is 15.7. The Labute approximate surface area is 226 Å². The summed E-state index contributed by atoms with van der Waals surface area (Å²) in [5.41, 5.74) is 5.04. The van der Waals surface area contributed by atoms with Crippen molar-refractivity contribution in [1.82, 2.24) is 4.98 Å². The number of oxazole rings is 1. The van der Waals surface area contributed by atoms with Crippen LogP contribution in [0.4, 0.5) is 0 Å². The molecule has 0 N–H and O–H groups in total. The van der Waals surface area contributed by atoms with Crippen LogP contribution < -0.4 is 39.4 Å². The van der Waals surface area contributed by atoms with Gasteiger partial charge in [0.1, 0.15) is 18.1 Å². The molecule has 0 fully saturated rings. The maximum atomic E-state index is 10.7. The summed E-state index contributed by atoms with van der Waals surface area (Å²) in [6.07, 6.45) is 4.97. The molecule has 170 valence electrons. The molecule has 1 aliphatic carbocycles. The molecule has 0 radical (unpaired) electrons. The molecule has 6 heteroatoms. The van der Waals surface area contributed by atoms with Gasteiger partial charge < -0.3 is 19.1 Å². The number of carbonyl (C=O) groups is 1. The molecule has 0 bridgehead atoms. The number of rotatable bonds is 8. The number of allylic oxidation sites excluding steroid dienone is 2. The first-order valence-electron chi connectivity index (χ1n) is 11.4. The third-order valence-electron chi connectivity index (χ3n) is 6.01. The quantitative estimate of drug-likeness (QED) is 0.367. The van der Waals surface area contributed by atoms with E-state index >= 15 is 0 Å². The number of carboxylic acids is 1. The van der Waals surface area contributed by atoms with Crippen molar-refractivity contribution in [2.75, 3.05) is 6.61 Å². The molecule has 0 unspecified atom stereocenters. The van der Waals surface area contributed by atoms with Gasteiger partial charge in [-0.05, 0) is 42.9 Å². The van der Waals surface area contributed by atoms with Crippen LogP contribution in [0, 0.1) is 5.92 Å². The Kier molecular flexibility index (Phi) is 8.24. The van der Waals surface area contributed by atoms with E-state index in [9.17, 15) is 9.90 Å². The summed E-state index contributed by atoms with van der Waals surface area (Å²) in [5, 5.41) is 10.7. The average Bonchev–Trinajstić information content (AvgIpc) is 3.51. The fraction of sp³-hybridized carbons (Fsp3) is 0.172. The normalized spacial score (nSPS) is 14.7. The molecule has 5 rings (SSSR count). The average molecular weight is 474 g/mol. The predicted molar refractivity (Wildman–Crippen MR) is 129 cm³/mol. The second-order valence-corrected chi connectivity index (χ2v) is 8.37. The van der Waals surface area contributed by atoms with E-state index in [0.717, 1.165) is 53.0 Å². The van der Waals surface area contributed by atoms with Gasteiger partial charge in [-0.25, -0.2) is 4.98 Å². The Hall–Kier alpha value is -3.12. The molecule has 4 aromatic rings. The number of ether oxygens (including phenoxy) is 1. The monoisotopic (exact) mass is 473 g/mol. The zero-order chi connectivity index (χ0) is 23.3. The maximum Gasteiger partial charge on any atom is 1.00 e. The van der Waals surface area contributed by atoms with Gasteiger partial charge in [0.05, 0.1) is 5.97 Å². The molecule has 5 nitrogen and oxygen atoms in total. The summed E-state index contributed by atoms with van der Waals surface area (Å²) in [6.45, 7) is -0.459. The fourth-order valence-electron chi connectivity index (χ4n) is 4.45. The Morgan fingerprint density at radius 3 is 2.40 bits per heavy atom. The van der Waals surface area contributed by atoms with Crippen LogP contribution >= 0.6 is 0 Å². The van der Waals surface area contributed by atoms with E-state index in [1.54, 1.807) is 6.07 Å². The third kappa shape index (κ3) is 5.93. The van der Waals surface area contributed by atoms with E-state index in [0.29, 0.717) is 11.6 Å². The summed E-state index contributed by atoms with van der Waals surface area (Å²) in [6, 6.07) is 27.7. The van der Waals surface area contributed by atoms with Crippen LogP contribution in [0.15, 0.2) is 95.4 Å². The van der Waals surface area contributed by atoms with Crippen LogP contribution in [0.1, 0.15) is 24.3 Å². The summed E-state index contributed by atoms with van der Waals surface area (Å²) in [7, 11) is 0. The number of hydrogen-bond donors (Lipinski definition) is 0. The zero-order valence-corrected chi connectivity index (χ0v) is 21.6. The Morgan fingerprint density at radius 1 is 0.971 bits per heavy atom. The third-order valence-corrected chi connectivity index (χ3v) is 6.01. The number of hydrogen-bond acceptors (Lipinski definition) is 5. The number of benzene rings is 3. The summed E-state index contributed by atoms with van der Waals surface area (Å²) >= 11 is 0. The van der Waals surface area contributed by atoms with Crippen LogP contribution in [0.2, 0.25) is 0 Å². The predicted octanol–water partition coefficient (Wildman–Crippen LogP) is 2.18. The number of nitrogens with zero attached hydrogens (tertiary/aromatic N) is 1. The second-order valence-electron chi connectivity index (χ2n) is 8.37. The largest absolute Gasteiger partial charge is 1.00 e. The molecule has 1 heterocycles. The smallest absolute Gasteiger partial charge is 0.546 e. The first kappa shape index (κ1) is 25.0. The van der Waals surface area contributed by atoms with Gasteiger partial charge >= 0.3 is 29.6 Å². The second kappa shape index (κ2) is 11.5. The molecule has 0 aliphatic heterocycles. The van der Waals surface area contributed by atoms with E-state index in [1.807, 2.05) is 78.9 Å². The molecular weight excluding hydrogens is 449 g/mol. The van der Waals surface area contributed by atoms with Crippen molar-refractivity contribution in [2.45, 2.75) is 19.3 Å². The molecule has 1 aliphatic rings. The van der Waals surface area contributed by atoms with Crippen molar-refractivity contribution in [1.29, 1.82) is 0 Å². The minimum absolute atomic E-state index is 0. The van der Waals surface area contributed by atoms with Crippen LogP contribution in [0.25, 0.3) is 28.2 Å². The van der Waals surface area contributed by atoms with E-state index in [-0.39, 0.29) is 35.5 Å². The van der Waals surface area contributed by atoms with Crippen molar-refractivity contribution in [2.24, 2.45) is 5.92 Å². The Morgan fingerprint density at radius 2 is 1.69 bits per heavy atom. The van der Waals surface area contributed by atoms with Crippen molar-refractivity contribution >= 4 is 11.5 Å². The standard InChI is InChI=1S/C29H25NO4.Na/c31-26(32)19-33-24-15-7-9-20(18-24)17-23-14-8-16-25(23)29-30-27(21-10-3-1-4-11-21)28(34-29)22-12-5-2-6-13-22;/h1-7,9-13,15-16,18,23H,8,14,17,19H2,(H,31,32);/q;+1/p-1/t23-;/m0./s1. The van der Waals surface area contributed by atoms with Gasteiger partial charge in [0, 0.05) is 16.7 Å². The number of carbonyl (C=O) groups excluding carboxylic acids is 1. The molecule has 1 atom stereocenters. The first-order valence-corrected chi connectivity index (χ1v) is 11.4. The molecule has 0 spiro atoms. The van der Waals surface area contributed by atoms with Crippen molar-refractivity contribution in [3.63, 3.8) is 0 Å². The van der Waals surface area contributed by atoms with Crippen LogP contribution in [-0.2, 0) is 11.2 Å². The minimum atomic E-state index is -1.24. The fourth-order valence-corrected chi connectivity index (χ4v) is 4.45. The molecule has 35 heavy (non-hydrogen) atoms. The molecular formula is C29H24NNaO4. The van der Waals surface area contributed by atoms with E-state index < -0.39 is 12.6 Å². The first-order chi connectivity index (χ1) is 16.7. The summed E-state index contributed by atoms with van der Waals surface area (Å²) in [5.74, 6) is 0.968. The van der Waals surface area contributed by atoms with Crippen molar-refractivity contribution < 1.29 is 48.6 Å². The summed E-state index contributed by atoms with van der Waals surface area (Å²) < 4.78 is 11.7. The van der Waals surface area contributed by atoms with Gasteiger partial charge in [-0.1, -0.05) is 78.9 Å². The van der Waals surface area contributed by atoms with Crippen molar-refractivity contribution in [3.8, 4) is 28.3 Å². The molecule has 0 amide bonds. The van der Waals surface area contributed by atoms with E-state index in [2.05, 4.69) is 6.08 Å². The topological polar surface area (TPSA) is 75.4 Å². The number of aromatic nitrogens is 1. The van der Waals surface area contributed by atoms with Crippen LogP contribution in [-0.4, -0.2) is 17.6 Å². The van der Waals surface area contributed by atoms with E-state index in [1.165, 1.54) is 0 Å². The number of aliphatic carboxylic acids is 1. The Balaban J connectivity index is 0.00000289. The molecule has 0 saturated carbocycles. The molecule has 0 saturated heterocycles. The zero-order valence-electron chi connectivity index (χ0n) is 19.6. The van der Waals surface area contributed by atoms with Gasteiger partial charge in [-0.2, -0.15) is 0 Å². The van der Waals surface area contributed by atoms with Gasteiger partial charge in [-0.3, -0.25) is 0 Å². The molecule has 3 aromatic carbocycles. The van der Waals surface area contributed by atoms with Gasteiger partial charge in [0.25, 0.3) is 0 Å². The van der Waals surface area contributed by atoms with E-state index in [4.69, 9.17) is 14.1 Å². The van der Waals surface area contributed by atoms with Gasteiger partial charge in [0.15, 0.2) is 5.76 Å². The van der Waals surface area contributed by atoms with Gasteiger partial charge in [-0.15, -0.1) is 0 Å². The van der Waals surface area contributed by atoms with Crippen LogP contribution in [0.3, 0.4) is 0 Å². The Bertz CT molecular complexity index is 1260. The van der Waals surface area contributed by atoms with Crippen LogP contribution in [0.5, 0.6) is 5.75 Å². The minimum Gasteiger partial charge on any atom is -0.546 e. The van der Waals surface area contributed by atoms with Gasteiger partial charge in [0.2, 0.25) is 5.89 Å². The maximum absolute atomic E-state index is 10.7. The SMILES string of the molecule is O=C([O-])COc1cccc(C[C@@H]2CCC=C2c2nc(-c3ccccc3)c(-c3ccccc3)o2)c1.[Na+]. The number of carboxylic acid groups (broad SMARTS) is 1. The van der Waals surface area contributed by atoms with Crippen molar-refractivity contribution in [3.05, 3.63) is 102 Å².